The molecule has 0 unspecified atom stereocenters. The van der Waals surface area contributed by atoms with E-state index in [2.05, 4.69) is 83.8 Å². The maximum Gasteiger partial charge on any atom is 0.150 e. The summed E-state index contributed by atoms with van der Waals surface area (Å²) in [5.41, 5.74) is 10.7. The molecule has 3 aromatic carbocycles. The first kappa shape index (κ1) is 39.1. The molecule has 4 N–H and O–H groups in total. The van der Waals surface area contributed by atoms with Crippen LogP contribution in [0.4, 0.5) is 22.7 Å². The van der Waals surface area contributed by atoms with E-state index in [1.54, 1.807) is 31.4 Å². The molecule has 0 saturated heterocycles. The molecule has 3 aromatic rings. The van der Waals surface area contributed by atoms with E-state index in [0.29, 0.717) is 22.8 Å². The minimum absolute atomic E-state index is 0.000463. The number of aromatic hydroxyl groups is 2. The molecule has 0 bridgehead atoms. The van der Waals surface area contributed by atoms with Crippen LogP contribution in [0, 0.1) is 4.91 Å². The zero-order valence-electron chi connectivity index (χ0n) is 30.2. The van der Waals surface area contributed by atoms with E-state index in [1.807, 2.05) is 46.8 Å². The molecule has 0 atom stereocenters. The summed E-state index contributed by atoms with van der Waals surface area (Å²) >= 11 is 0. The van der Waals surface area contributed by atoms with Gasteiger partial charge in [-0.15, -0.1) is 15.1 Å². The molecule has 0 saturated carbocycles. The molecule has 0 radical (unpaired) electrons. The second-order valence-electron chi connectivity index (χ2n) is 15.0. The van der Waals surface area contributed by atoms with E-state index in [4.69, 9.17) is 10.5 Å². The van der Waals surface area contributed by atoms with Crippen LogP contribution < -0.4 is 10.5 Å². The van der Waals surface area contributed by atoms with E-state index in [-0.39, 0.29) is 38.8 Å². The topological polar surface area (TPSA) is 130 Å². The van der Waals surface area contributed by atoms with E-state index in [0.717, 1.165) is 22.3 Å². The molecule has 0 fully saturated rings. The smallest absolute Gasteiger partial charge is 0.150 e. The number of azo groups is 1. The maximum absolute atomic E-state index is 10.8. The van der Waals surface area contributed by atoms with Gasteiger partial charge in [0.15, 0.2) is 0 Å². The highest BCUT2D eigenvalue weighted by molar-refractivity contribution is 5.66. The quantitative estimate of drug-likeness (QED) is 0.152. The van der Waals surface area contributed by atoms with E-state index < -0.39 is 0 Å². The van der Waals surface area contributed by atoms with Crippen LogP contribution >= 0.6 is 0 Å². The Morgan fingerprint density at radius 1 is 0.600 bits per heavy atom. The zero-order valence-corrected chi connectivity index (χ0v) is 30.2. The standard InChI is InChI=1S/C21H29N3O2.C14H21NO2.C2H6/c1-20(2,3)13-10-15(21(4,5)6)19(25)18(11-13)24-23-17-9-8-14(26-7)12-16(17)22;1-13(2,3)9-7-10(14(4,5)6)12(16)11(8-9)15-17;1-2/h8-12,25H,22H2,1-7H3;7-8,16H,1-6H3;1-2H3. The van der Waals surface area contributed by atoms with Crippen LogP contribution in [0.2, 0.25) is 0 Å². The first-order valence-electron chi connectivity index (χ1n) is 15.4. The van der Waals surface area contributed by atoms with E-state index in [1.165, 1.54) is 0 Å². The number of nitrogens with two attached hydrogens (primary N) is 1. The predicted octanol–water partition coefficient (Wildman–Crippen LogP) is 11.4. The van der Waals surface area contributed by atoms with Gasteiger partial charge in [0.05, 0.1) is 12.8 Å². The number of phenols is 2. The van der Waals surface area contributed by atoms with Crippen molar-refractivity contribution in [2.75, 3.05) is 12.8 Å². The average molecular weight is 621 g/mol. The molecule has 45 heavy (non-hydrogen) atoms. The van der Waals surface area contributed by atoms with E-state index in [9.17, 15) is 15.1 Å². The molecular weight excluding hydrogens is 564 g/mol. The lowest BCUT2D eigenvalue weighted by Gasteiger charge is -2.26. The summed E-state index contributed by atoms with van der Waals surface area (Å²) in [4.78, 5) is 10.8. The Labute approximate surface area is 271 Å². The molecule has 0 amide bonds. The molecular formula is C37H56N4O4. The Morgan fingerprint density at radius 3 is 1.36 bits per heavy atom. The fourth-order valence-corrected chi connectivity index (χ4v) is 4.25. The van der Waals surface area contributed by atoms with Crippen LogP contribution in [-0.2, 0) is 21.7 Å². The maximum atomic E-state index is 10.8. The third-order valence-corrected chi connectivity index (χ3v) is 7.13. The van der Waals surface area contributed by atoms with Gasteiger partial charge in [0.25, 0.3) is 0 Å². The molecule has 0 aliphatic heterocycles. The summed E-state index contributed by atoms with van der Waals surface area (Å²) in [6.45, 7) is 28.8. The van der Waals surface area contributed by atoms with Crippen molar-refractivity contribution < 1.29 is 14.9 Å². The lowest BCUT2D eigenvalue weighted by atomic mass is 9.80. The average Bonchev–Trinajstić information content (AvgIpc) is 2.92. The summed E-state index contributed by atoms with van der Waals surface area (Å²) in [5, 5.41) is 32.2. The molecule has 248 valence electrons. The van der Waals surface area contributed by atoms with Crippen molar-refractivity contribution in [3.05, 3.63) is 69.6 Å². The highest BCUT2D eigenvalue weighted by atomic mass is 16.5. The Hall–Kier alpha value is -3.94. The summed E-state index contributed by atoms with van der Waals surface area (Å²) < 4.78 is 5.15. The van der Waals surface area contributed by atoms with Crippen LogP contribution in [0.25, 0.3) is 0 Å². The second kappa shape index (κ2) is 14.9. The number of ether oxygens (including phenoxy) is 1. The van der Waals surface area contributed by atoms with Gasteiger partial charge in [0.2, 0.25) is 0 Å². The van der Waals surface area contributed by atoms with Gasteiger partial charge in [-0.3, -0.25) is 0 Å². The van der Waals surface area contributed by atoms with Crippen LogP contribution in [0.15, 0.2) is 57.9 Å². The summed E-state index contributed by atoms with van der Waals surface area (Å²) in [5.74, 6) is 0.816. The number of phenolic OH excluding ortho intramolecular Hbond substituents is 2. The molecule has 0 heterocycles. The lowest BCUT2D eigenvalue weighted by molar-refractivity contribution is 0.415. The number of anilines is 1. The first-order chi connectivity index (χ1) is 20.5. The minimum Gasteiger partial charge on any atom is -0.505 e. The monoisotopic (exact) mass is 620 g/mol. The molecule has 3 rings (SSSR count). The Bertz CT molecular complexity index is 1480. The number of benzene rings is 3. The van der Waals surface area contributed by atoms with E-state index >= 15 is 0 Å². The SMILES string of the molecule is CC.CC(C)(C)c1cc(N=O)c(O)c(C(C)(C)C)c1.COc1ccc(N=Nc2cc(C(C)(C)C)cc(C(C)(C)C)c2O)c(N)c1. The summed E-state index contributed by atoms with van der Waals surface area (Å²) in [6.07, 6.45) is 0. The van der Waals surface area contributed by atoms with Crippen molar-refractivity contribution in [2.24, 2.45) is 15.4 Å². The number of rotatable bonds is 4. The van der Waals surface area contributed by atoms with Gasteiger partial charge in [0.1, 0.15) is 34.3 Å². The molecule has 8 nitrogen and oxygen atoms in total. The molecule has 0 aromatic heterocycles. The number of hydrogen-bond donors (Lipinski definition) is 3. The van der Waals surface area contributed by atoms with Crippen molar-refractivity contribution in [3.8, 4) is 17.2 Å². The Balaban J connectivity index is 0.000000462. The molecule has 8 heteroatoms. The summed E-state index contributed by atoms with van der Waals surface area (Å²) in [7, 11) is 1.58. The van der Waals surface area contributed by atoms with Crippen molar-refractivity contribution >= 4 is 22.7 Å². The second-order valence-corrected chi connectivity index (χ2v) is 15.0. The molecule has 0 spiro atoms. The lowest BCUT2D eigenvalue weighted by Crippen LogP contribution is -2.16. The van der Waals surface area contributed by atoms with Crippen LogP contribution in [0.5, 0.6) is 17.2 Å². The predicted molar refractivity (Wildman–Crippen MR) is 189 cm³/mol. The van der Waals surface area contributed by atoms with Gasteiger partial charge in [0, 0.05) is 17.2 Å². The normalized spacial score (nSPS) is 12.2. The van der Waals surface area contributed by atoms with Gasteiger partial charge in [-0.1, -0.05) is 109 Å². The van der Waals surface area contributed by atoms with Gasteiger partial charge in [-0.2, -0.15) is 0 Å². The van der Waals surface area contributed by atoms with Crippen LogP contribution in [-0.4, -0.2) is 17.3 Å². The fraction of sp³-hybridized carbons (Fsp3) is 0.514. The van der Waals surface area contributed by atoms with Crippen molar-refractivity contribution in [2.45, 2.75) is 119 Å². The van der Waals surface area contributed by atoms with Crippen molar-refractivity contribution in [1.82, 2.24) is 0 Å². The first-order valence-corrected chi connectivity index (χ1v) is 15.4. The van der Waals surface area contributed by atoms with Gasteiger partial charge in [-0.05, 0) is 62.2 Å². The van der Waals surface area contributed by atoms with Gasteiger partial charge >= 0.3 is 0 Å². The molecule has 0 aliphatic rings. The zero-order chi connectivity index (χ0) is 35.1. The molecule has 0 aliphatic carbocycles. The third kappa shape index (κ3) is 10.6. The highest BCUT2D eigenvalue weighted by Crippen LogP contribution is 2.43. The third-order valence-electron chi connectivity index (χ3n) is 7.13. The number of nitrogen functional groups attached to an aromatic ring is 1. The Morgan fingerprint density at radius 2 is 1.00 bits per heavy atom. The largest absolute Gasteiger partial charge is 0.505 e. The number of nitroso groups, excluding NO2 is 1. The van der Waals surface area contributed by atoms with Crippen molar-refractivity contribution in [1.29, 1.82) is 0 Å². The van der Waals surface area contributed by atoms with Gasteiger partial charge in [-0.25, -0.2) is 0 Å². The highest BCUT2D eigenvalue weighted by Gasteiger charge is 2.26. The van der Waals surface area contributed by atoms with Crippen LogP contribution in [0.3, 0.4) is 0 Å². The van der Waals surface area contributed by atoms with Gasteiger partial charge < -0.3 is 20.7 Å². The number of methoxy groups -OCH3 is 1. The summed E-state index contributed by atoms with van der Waals surface area (Å²) in [6, 6.07) is 12.8. The number of nitrogens with zero attached hydrogens (tertiary/aromatic N) is 3. The Kier molecular flexibility index (Phi) is 12.9. The fourth-order valence-electron chi connectivity index (χ4n) is 4.25. The minimum atomic E-state index is -0.217. The van der Waals surface area contributed by atoms with Crippen molar-refractivity contribution in [3.63, 3.8) is 0 Å². The number of hydrogen-bond acceptors (Lipinski definition) is 8. The van der Waals surface area contributed by atoms with Crippen LogP contribution in [0.1, 0.15) is 119 Å².